The van der Waals surface area contributed by atoms with E-state index in [1.807, 2.05) is 49.4 Å². The maximum atomic E-state index is 6.15. The third kappa shape index (κ3) is 5.04. The van der Waals surface area contributed by atoms with Gasteiger partial charge in [0.1, 0.15) is 0 Å². The highest BCUT2D eigenvalue weighted by molar-refractivity contribution is 6.31. The zero-order valence-electron chi connectivity index (χ0n) is 12.9. The number of aryl methyl sites for hydroxylation is 1. The van der Waals surface area contributed by atoms with Gasteiger partial charge in [-0.2, -0.15) is 0 Å². The molecule has 4 nitrogen and oxygen atoms in total. The van der Waals surface area contributed by atoms with Gasteiger partial charge in [-0.05, 0) is 37.1 Å². The standard InChI is InChI=1S/C17H21ClN4/c1-13-6-5-8-15(22-13)12-21-17(19-2)20-11-10-14-7-3-4-9-16(14)18/h3-9H,10-12H2,1-2H3,(H2,19,20,21). The van der Waals surface area contributed by atoms with Gasteiger partial charge < -0.3 is 10.6 Å². The molecule has 0 atom stereocenters. The topological polar surface area (TPSA) is 49.3 Å². The first-order valence-corrected chi connectivity index (χ1v) is 7.67. The molecule has 2 N–H and O–H groups in total. The summed E-state index contributed by atoms with van der Waals surface area (Å²) < 4.78 is 0. The molecular formula is C17H21ClN4. The maximum absolute atomic E-state index is 6.15. The lowest BCUT2D eigenvalue weighted by atomic mass is 10.1. The molecule has 0 aliphatic carbocycles. The van der Waals surface area contributed by atoms with Crippen LogP contribution in [0.2, 0.25) is 5.02 Å². The molecule has 1 heterocycles. The van der Waals surface area contributed by atoms with E-state index in [0.717, 1.165) is 40.9 Å². The Morgan fingerprint density at radius 2 is 1.95 bits per heavy atom. The molecule has 0 saturated heterocycles. The summed E-state index contributed by atoms with van der Waals surface area (Å²) in [5, 5.41) is 7.34. The molecule has 0 aliphatic heterocycles. The molecule has 0 amide bonds. The van der Waals surface area contributed by atoms with E-state index in [2.05, 4.69) is 20.6 Å². The van der Waals surface area contributed by atoms with Crippen molar-refractivity contribution in [3.8, 4) is 0 Å². The predicted molar refractivity (Wildman–Crippen MR) is 92.3 cm³/mol. The average Bonchev–Trinajstić information content (AvgIpc) is 2.52. The van der Waals surface area contributed by atoms with E-state index in [4.69, 9.17) is 11.6 Å². The van der Waals surface area contributed by atoms with E-state index in [-0.39, 0.29) is 0 Å². The van der Waals surface area contributed by atoms with Crippen molar-refractivity contribution < 1.29 is 0 Å². The third-order valence-corrected chi connectivity index (χ3v) is 3.62. The van der Waals surface area contributed by atoms with Gasteiger partial charge in [-0.3, -0.25) is 9.98 Å². The molecule has 0 saturated carbocycles. The van der Waals surface area contributed by atoms with Gasteiger partial charge in [-0.25, -0.2) is 0 Å². The average molecular weight is 317 g/mol. The van der Waals surface area contributed by atoms with Gasteiger partial charge in [0.05, 0.1) is 12.2 Å². The number of guanidine groups is 1. The van der Waals surface area contributed by atoms with Crippen LogP contribution < -0.4 is 10.6 Å². The highest BCUT2D eigenvalue weighted by Gasteiger charge is 2.01. The van der Waals surface area contributed by atoms with Gasteiger partial charge in [-0.1, -0.05) is 35.9 Å². The largest absolute Gasteiger partial charge is 0.356 e. The van der Waals surface area contributed by atoms with Crippen molar-refractivity contribution in [2.24, 2.45) is 4.99 Å². The number of pyridine rings is 1. The third-order valence-electron chi connectivity index (χ3n) is 3.25. The minimum atomic E-state index is 0.646. The van der Waals surface area contributed by atoms with Crippen molar-refractivity contribution in [3.63, 3.8) is 0 Å². The van der Waals surface area contributed by atoms with Crippen LogP contribution in [0.25, 0.3) is 0 Å². The lowest BCUT2D eigenvalue weighted by molar-refractivity contribution is 0.781. The fourth-order valence-corrected chi connectivity index (χ4v) is 2.34. The number of nitrogens with zero attached hydrogens (tertiary/aromatic N) is 2. The molecule has 0 radical (unpaired) electrons. The van der Waals surface area contributed by atoms with Crippen LogP contribution in [0, 0.1) is 6.92 Å². The maximum Gasteiger partial charge on any atom is 0.191 e. The number of rotatable bonds is 5. The minimum absolute atomic E-state index is 0.646. The first kappa shape index (κ1) is 16.3. The second-order valence-corrected chi connectivity index (χ2v) is 5.37. The molecule has 1 aromatic carbocycles. The molecule has 22 heavy (non-hydrogen) atoms. The van der Waals surface area contributed by atoms with Crippen molar-refractivity contribution in [1.82, 2.24) is 15.6 Å². The Balaban J connectivity index is 1.79. The lowest BCUT2D eigenvalue weighted by Gasteiger charge is -2.12. The van der Waals surface area contributed by atoms with Crippen molar-refractivity contribution in [1.29, 1.82) is 0 Å². The van der Waals surface area contributed by atoms with Gasteiger partial charge in [0, 0.05) is 24.3 Å². The quantitative estimate of drug-likeness (QED) is 0.658. The van der Waals surface area contributed by atoms with Gasteiger partial charge in [0.2, 0.25) is 0 Å². The molecule has 0 spiro atoms. The fourth-order valence-electron chi connectivity index (χ4n) is 2.11. The molecule has 5 heteroatoms. The Bertz CT molecular complexity index is 640. The first-order chi connectivity index (χ1) is 10.7. The Kier molecular flexibility index (Phi) is 6.22. The summed E-state index contributed by atoms with van der Waals surface area (Å²) in [6.07, 6.45) is 0.850. The zero-order valence-corrected chi connectivity index (χ0v) is 13.7. The van der Waals surface area contributed by atoms with Gasteiger partial charge >= 0.3 is 0 Å². The number of benzene rings is 1. The summed E-state index contributed by atoms with van der Waals surface area (Å²) in [6, 6.07) is 13.9. The second kappa shape index (κ2) is 8.39. The van der Waals surface area contributed by atoms with Crippen molar-refractivity contribution in [3.05, 3.63) is 64.4 Å². The second-order valence-electron chi connectivity index (χ2n) is 4.96. The zero-order chi connectivity index (χ0) is 15.8. The summed E-state index contributed by atoms with van der Waals surface area (Å²) >= 11 is 6.15. The molecule has 2 aromatic rings. The van der Waals surface area contributed by atoms with Gasteiger partial charge in [-0.15, -0.1) is 0 Å². The Labute approximate surface area is 136 Å². The van der Waals surface area contributed by atoms with Gasteiger partial charge in [0.15, 0.2) is 5.96 Å². The van der Waals surface area contributed by atoms with Crippen LogP contribution in [0.4, 0.5) is 0 Å². The van der Waals surface area contributed by atoms with E-state index in [0.29, 0.717) is 6.54 Å². The Hall–Kier alpha value is -2.07. The normalized spacial score (nSPS) is 11.3. The minimum Gasteiger partial charge on any atom is -0.356 e. The van der Waals surface area contributed by atoms with Crippen LogP contribution in [0.15, 0.2) is 47.5 Å². The number of hydrogen-bond acceptors (Lipinski definition) is 2. The molecule has 0 fully saturated rings. The van der Waals surface area contributed by atoms with E-state index in [1.165, 1.54) is 0 Å². The van der Waals surface area contributed by atoms with Crippen LogP contribution >= 0.6 is 11.6 Å². The number of nitrogens with one attached hydrogen (secondary N) is 2. The van der Waals surface area contributed by atoms with E-state index >= 15 is 0 Å². The fraction of sp³-hybridized carbons (Fsp3) is 0.294. The van der Waals surface area contributed by atoms with Crippen molar-refractivity contribution in [2.45, 2.75) is 19.9 Å². The summed E-state index contributed by atoms with van der Waals surface area (Å²) in [7, 11) is 1.76. The molecule has 0 unspecified atom stereocenters. The highest BCUT2D eigenvalue weighted by atomic mass is 35.5. The Morgan fingerprint density at radius 3 is 2.68 bits per heavy atom. The van der Waals surface area contributed by atoms with Crippen LogP contribution in [0.5, 0.6) is 0 Å². The summed E-state index contributed by atoms with van der Waals surface area (Å²) in [5.41, 5.74) is 3.14. The lowest BCUT2D eigenvalue weighted by Crippen LogP contribution is -2.38. The Morgan fingerprint density at radius 1 is 1.14 bits per heavy atom. The molecular weight excluding hydrogens is 296 g/mol. The van der Waals surface area contributed by atoms with Crippen molar-refractivity contribution >= 4 is 17.6 Å². The van der Waals surface area contributed by atoms with Crippen LogP contribution in [0.1, 0.15) is 17.0 Å². The highest BCUT2D eigenvalue weighted by Crippen LogP contribution is 2.14. The predicted octanol–water partition coefficient (Wildman–Crippen LogP) is 2.95. The molecule has 0 bridgehead atoms. The van der Waals surface area contributed by atoms with E-state index < -0.39 is 0 Å². The number of aliphatic imine (C=N–C) groups is 1. The number of halogens is 1. The summed E-state index contributed by atoms with van der Waals surface area (Å²) in [6.45, 7) is 3.40. The van der Waals surface area contributed by atoms with Crippen LogP contribution in [-0.2, 0) is 13.0 Å². The molecule has 1 aromatic heterocycles. The number of aromatic nitrogens is 1. The SMILES string of the molecule is CN=C(NCCc1ccccc1Cl)NCc1cccc(C)n1. The van der Waals surface area contributed by atoms with Crippen LogP contribution in [0.3, 0.4) is 0 Å². The van der Waals surface area contributed by atoms with Gasteiger partial charge in [0.25, 0.3) is 0 Å². The van der Waals surface area contributed by atoms with Crippen molar-refractivity contribution in [2.75, 3.05) is 13.6 Å². The smallest absolute Gasteiger partial charge is 0.191 e. The van der Waals surface area contributed by atoms with E-state index in [1.54, 1.807) is 7.05 Å². The first-order valence-electron chi connectivity index (χ1n) is 7.29. The monoisotopic (exact) mass is 316 g/mol. The van der Waals surface area contributed by atoms with Crippen LogP contribution in [-0.4, -0.2) is 24.5 Å². The molecule has 116 valence electrons. The molecule has 2 rings (SSSR count). The summed E-state index contributed by atoms with van der Waals surface area (Å²) in [5.74, 6) is 0.760. The molecule has 0 aliphatic rings. The van der Waals surface area contributed by atoms with E-state index in [9.17, 15) is 0 Å². The summed E-state index contributed by atoms with van der Waals surface area (Å²) in [4.78, 5) is 8.67. The number of hydrogen-bond donors (Lipinski definition) is 2.